The zero-order valence-electron chi connectivity index (χ0n) is 10.9. The fourth-order valence-electron chi connectivity index (χ4n) is 1.83. The van der Waals surface area contributed by atoms with E-state index in [9.17, 15) is 8.78 Å². The summed E-state index contributed by atoms with van der Waals surface area (Å²) in [5, 5.41) is 0. The van der Waals surface area contributed by atoms with Crippen molar-refractivity contribution in [3.05, 3.63) is 72.3 Å². The first-order chi connectivity index (χ1) is 10.2. The Kier molecular flexibility index (Phi) is 3.64. The number of benzene rings is 2. The highest BCUT2D eigenvalue weighted by Crippen LogP contribution is 2.22. The summed E-state index contributed by atoms with van der Waals surface area (Å²) in [6.45, 7) is 0.0160. The van der Waals surface area contributed by atoms with Gasteiger partial charge in [0.25, 0.3) is 0 Å². The largest absolute Gasteiger partial charge is 0.481 e. The maximum atomic E-state index is 13.4. The molecule has 3 rings (SSSR count). The lowest BCUT2D eigenvalue weighted by Crippen LogP contribution is -1.97. The van der Waals surface area contributed by atoms with E-state index in [2.05, 4.69) is 4.98 Å². The highest BCUT2D eigenvalue weighted by atomic mass is 19.1. The van der Waals surface area contributed by atoms with Gasteiger partial charge in [-0.25, -0.2) is 13.8 Å². The van der Waals surface area contributed by atoms with E-state index < -0.39 is 5.82 Å². The highest BCUT2D eigenvalue weighted by Gasteiger charge is 2.08. The van der Waals surface area contributed by atoms with Gasteiger partial charge in [0.05, 0.1) is 6.20 Å². The number of nitrogens with zero attached hydrogens (tertiary/aromatic N) is 1. The molecule has 0 aliphatic rings. The Morgan fingerprint density at radius 1 is 1.00 bits per heavy atom. The number of halogens is 2. The molecule has 0 aliphatic carbocycles. The molecule has 0 saturated carbocycles. The van der Waals surface area contributed by atoms with E-state index in [0.717, 1.165) is 0 Å². The van der Waals surface area contributed by atoms with E-state index in [-0.39, 0.29) is 18.2 Å². The number of oxazole rings is 1. The van der Waals surface area contributed by atoms with Crippen LogP contribution in [0.3, 0.4) is 0 Å². The van der Waals surface area contributed by atoms with Crippen LogP contribution in [0.5, 0.6) is 5.75 Å². The maximum absolute atomic E-state index is 13.4. The average Bonchev–Trinajstić information content (AvgIpc) is 2.96. The summed E-state index contributed by atoms with van der Waals surface area (Å²) in [5.74, 6) is 0.197. The van der Waals surface area contributed by atoms with Crippen molar-refractivity contribution in [3.8, 4) is 17.1 Å². The molecule has 3 aromatic rings. The normalized spacial score (nSPS) is 10.6. The van der Waals surface area contributed by atoms with Gasteiger partial charge in [-0.2, -0.15) is 0 Å². The lowest BCUT2D eigenvalue weighted by atomic mass is 10.2. The van der Waals surface area contributed by atoms with Crippen molar-refractivity contribution in [3.63, 3.8) is 0 Å². The molecule has 0 spiro atoms. The first-order valence-corrected chi connectivity index (χ1v) is 6.30. The van der Waals surface area contributed by atoms with E-state index >= 15 is 0 Å². The summed E-state index contributed by atoms with van der Waals surface area (Å²) in [5.41, 5.74) is 0.709. The molecule has 0 radical (unpaired) electrons. The van der Waals surface area contributed by atoms with Crippen LogP contribution in [0.1, 0.15) is 5.89 Å². The standard InChI is InChI=1S/C16H11F2NO2/c17-12-7-5-11(6-8-12)15-9-19-16(21-15)10-20-14-4-2-1-3-13(14)18/h1-9H,10H2. The Hall–Kier alpha value is -2.69. The van der Waals surface area contributed by atoms with Gasteiger partial charge in [0, 0.05) is 5.56 Å². The smallest absolute Gasteiger partial charge is 0.232 e. The van der Waals surface area contributed by atoms with Crippen molar-refractivity contribution in [2.45, 2.75) is 6.61 Å². The quantitative estimate of drug-likeness (QED) is 0.721. The van der Waals surface area contributed by atoms with Crippen LogP contribution in [0.25, 0.3) is 11.3 Å². The fraction of sp³-hybridized carbons (Fsp3) is 0.0625. The lowest BCUT2D eigenvalue weighted by molar-refractivity contribution is 0.253. The summed E-state index contributed by atoms with van der Waals surface area (Å²) in [6.07, 6.45) is 1.52. The minimum atomic E-state index is -0.442. The highest BCUT2D eigenvalue weighted by molar-refractivity contribution is 5.55. The van der Waals surface area contributed by atoms with Crippen LogP contribution in [-0.4, -0.2) is 4.98 Å². The molecule has 0 saturated heterocycles. The van der Waals surface area contributed by atoms with Crippen LogP contribution in [0.4, 0.5) is 8.78 Å². The Morgan fingerprint density at radius 3 is 2.52 bits per heavy atom. The number of aromatic nitrogens is 1. The average molecular weight is 287 g/mol. The van der Waals surface area contributed by atoms with Crippen molar-refractivity contribution < 1.29 is 17.9 Å². The van der Waals surface area contributed by atoms with E-state index in [1.54, 1.807) is 24.3 Å². The number of ether oxygens (including phenoxy) is 1. The molecule has 2 aromatic carbocycles. The van der Waals surface area contributed by atoms with Crippen molar-refractivity contribution in [1.29, 1.82) is 0 Å². The Balaban J connectivity index is 1.71. The molecule has 3 nitrogen and oxygen atoms in total. The minimum absolute atomic E-state index is 0.0160. The van der Waals surface area contributed by atoms with Crippen LogP contribution < -0.4 is 4.74 Å². The minimum Gasteiger partial charge on any atom is -0.481 e. The van der Waals surface area contributed by atoms with Crippen LogP contribution in [0.15, 0.2) is 59.1 Å². The molecule has 5 heteroatoms. The van der Waals surface area contributed by atoms with Gasteiger partial charge in [-0.15, -0.1) is 0 Å². The van der Waals surface area contributed by atoms with Gasteiger partial charge in [0.1, 0.15) is 5.82 Å². The zero-order valence-corrected chi connectivity index (χ0v) is 10.9. The van der Waals surface area contributed by atoms with E-state index in [0.29, 0.717) is 17.2 Å². The second kappa shape index (κ2) is 5.75. The number of hydrogen-bond donors (Lipinski definition) is 0. The molecular formula is C16H11F2NO2. The molecular weight excluding hydrogens is 276 g/mol. The third-order valence-electron chi connectivity index (χ3n) is 2.87. The van der Waals surface area contributed by atoms with Gasteiger partial charge in [0.15, 0.2) is 23.9 Å². The molecule has 0 N–H and O–H groups in total. The molecule has 1 aromatic heterocycles. The van der Waals surface area contributed by atoms with E-state index in [1.165, 1.54) is 30.5 Å². The van der Waals surface area contributed by atoms with E-state index in [4.69, 9.17) is 9.15 Å². The topological polar surface area (TPSA) is 35.3 Å². The summed E-state index contributed by atoms with van der Waals surface area (Å²) >= 11 is 0. The van der Waals surface area contributed by atoms with Crippen LogP contribution in [0, 0.1) is 11.6 Å². The Morgan fingerprint density at radius 2 is 1.76 bits per heavy atom. The fourth-order valence-corrected chi connectivity index (χ4v) is 1.83. The van der Waals surface area contributed by atoms with Gasteiger partial charge in [-0.3, -0.25) is 0 Å². The molecule has 0 aliphatic heterocycles. The second-order valence-corrected chi connectivity index (χ2v) is 4.34. The summed E-state index contributed by atoms with van der Waals surface area (Å²) in [4.78, 5) is 4.05. The molecule has 0 unspecified atom stereocenters. The second-order valence-electron chi connectivity index (χ2n) is 4.34. The zero-order chi connectivity index (χ0) is 14.7. The van der Waals surface area contributed by atoms with Gasteiger partial charge in [0.2, 0.25) is 5.89 Å². The lowest BCUT2D eigenvalue weighted by Gasteiger charge is -2.03. The van der Waals surface area contributed by atoms with Crippen LogP contribution >= 0.6 is 0 Å². The molecule has 106 valence electrons. The predicted molar refractivity (Wildman–Crippen MR) is 72.6 cm³/mol. The van der Waals surface area contributed by atoms with Crippen molar-refractivity contribution >= 4 is 0 Å². The third-order valence-corrected chi connectivity index (χ3v) is 2.87. The van der Waals surface area contributed by atoms with Crippen molar-refractivity contribution in [2.24, 2.45) is 0 Å². The Bertz CT molecular complexity index is 738. The predicted octanol–water partition coefficient (Wildman–Crippen LogP) is 4.20. The maximum Gasteiger partial charge on any atom is 0.232 e. The Labute approximate surface area is 119 Å². The third kappa shape index (κ3) is 3.08. The SMILES string of the molecule is Fc1ccc(-c2cnc(COc3ccccc3F)o2)cc1. The summed E-state index contributed by atoms with van der Waals surface area (Å²) < 4.78 is 37.0. The first-order valence-electron chi connectivity index (χ1n) is 6.30. The van der Waals surface area contributed by atoms with Crippen LogP contribution in [-0.2, 0) is 6.61 Å². The molecule has 0 fully saturated rings. The van der Waals surface area contributed by atoms with Gasteiger partial charge < -0.3 is 9.15 Å². The van der Waals surface area contributed by atoms with E-state index in [1.807, 2.05) is 0 Å². The number of para-hydroxylation sites is 1. The van der Waals surface area contributed by atoms with Crippen LogP contribution in [0.2, 0.25) is 0 Å². The summed E-state index contributed by atoms with van der Waals surface area (Å²) in [7, 11) is 0. The van der Waals surface area contributed by atoms with Gasteiger partial charge in [-0.1, -0.05) is 12.1 Å². The summed E-state index contributed by atoms with van der Waals surface area (Å²) in [6, 6.07) is 12.0. The monoisotopic (exact) mass is 287 g/mol. The molecule has 0 atom stereocenters. The van der Waals surface area contributed by atoms with Gasteiger partial charge in [-0.05, 0) is 36.4 Å². The molecule has 0 bridgehead atoms. The molecule has 21 heavy (non-hydrogen) atoms. The first kappa shape index (κ1) is 13.3. The number of hydrogen-bond acceptors (Lipinski definition) is 3. The van der Waals surface area contributed by atoms with Gasteiger partial charge >= 0.3 is 0 Å². The molecule has 0 amide bonds. The van der Waals surface area contributed by atoms with Crippen molar-refractivity contribution in [2.75, 3.05) is 0 Å². The molecule has 1 heterocycles. The number of rotatable bonds is 4. The van der Waals surface area contributed by atoms with Crippen molar-refractivity contribution in [1.82, 2.24) is 4.98 Å².